The van der Waals surface area contributed by atoms with Gasteiger partial charge < -0.3 is 9.84 Å². The smallest absolute Gasteiger partial charge is 0.119 e. The first kappa shape index (κ1) is 15.3. The molecule has 1 N–H and O–H groups in total. The second-order valence-electron chi connectivity index (χ2n) is 6.10. The van der Waals surface area contributed by atoms with E-state index >= 15 is 0 Å². The van der Waals surface area contributed by atoms with Gasteiger partial charge in [-0.25, -0.2) is 0 Å². The molecule has 0 spiro atoms. The molecule has 0 amide bonds. The van der Waals surface area contributed by atoms with Crippen molar-refractivity contribution in [2.24, 2.45) is 0 Å². The minimum absolute atomic E-state index is 0.227. The molecule has 1 heterocycles. The number of hydrogen-bond acceptors (Lipinski definition) is 4. The van der Waals surface area contributed by atoms with Crippen molar-refractivity contribution in [3.05, 3.63) is 42.0 Å². The summed E-state index contributed by atoms with van der Waals surface area (Å²) >= 11 is 0. The van der Waals surface area contributed by atoms with Gasteiger partial charge >= 0.3 is 0 Å². The Kier molecular flexibility index (Phi) is 4.62. The number of nitrogens with zero attached hydrogens (tertiary/aromatic N) is 2. The number of likely N-dealkylation sites (N-methyl/N-ethyl adjacent to an activating group) is 1. The van der Waals surface area contributed by atoms with E-state index in [0.29, 0.717) is 0 Å². The molecular formula is C18H24N2O2. The van der Waals surface area contributed by atoms with Crippen LogP contribution in [0.25, 0.3) is 10.8 Å². The van der Waals surface area contributed by atoms with Crippen LogP contribution in [0.2, 0.25) is 0 Å². The van der Waals surface area contributed by atoms with Crippen molar-refractivity contribution in [2.75, 3.05) is 40.4 Å². The molecule has 0 aliphatic carbocycles. The average molecular weight is 300 g/mol. The van der Waals surface area contributed by atoms with Gasteiger partial charge in [0.25, 0.3) is 0 Å². The first-order chi connectivity index (χ1) is 10.7. The largest absolute Gasteiger partial charge is 0.497 e. The maximum atomic E-state index is 9.46. The molecule has 2 aromatic carbocycles. The average Bonchev–Trinajstić information content (AvgIpc) is 2.56. The van der Waals surface area contributed by atoms with Crippen LogP contribution in [0, 0.1) is 0 Å². The second-order valence-corrected chi connectivity index (χ2v) is 6.10. The number of fused-ring (bicyclic) bond motifs is 1. The molecule has 0 saturated carbocycles. The highest BCUT2D eigenvalue weighted by Crippen LogP contribution is 2.23. The van der Waals surface area contributed by atoms with Gasteiger partial charge in [0.05, 0.1) is 13.7 Å². The van der Waals surface area contributed by atoms with E-state index in [1.54, 1.807) is 7.11 Å². The number of aliphatic hydroxyl groups excluding tert-OH is 1. The van der Waals surface area contributed by atoms with Crippen LogP contribution in [0.3, 0.4) is 0 Å². The molecule has 0 unspecified atom stereocenters. The molecule has 0 radical (unpaired) electrons. The normalized spacial score (nSPS) is 20.4. The summed E-state index contributed by atoms with van der Waals surface area (Å²) in [5.74, 6) is 0.894. The van der Waals surface area contributed by atoms with Gasteiger partial charge in [0.2, 0.25) is 0 Å². The van der Waals surface area contributed by atoms with Crippen molar-refractivity contribution in [2.45, 2.75) is 12.6 Å². The molecule has 2 aromatic rings. The number of rotatable bonds is 4. The molecule has 1 atom stereocenters. The predicted octanol–water partition coefficient (Wildman–Crippen LogP) is 1.96. The third kappa shape index (κ3) is 3.24. The van der Waals surface area contributed by atoms with Gasteiger partial charge in [-0.15, -0.1) is 0 Å². The molecule has 1 saturated heterocycles. The van der Waals surface area contributed by atoms with Crippen LogP contribution in [0.1, 0.15) is 5.56 Å². The molecule has 3 rings (SSSR count). The summed E-state index contributed by atoms with van der Waals surface area (Å²) in [6, 6.07) is 13.0. The highest BCUT2D eigenvalue weighted by Gasteiger charge is 2.23. The first-order valence-electron chi connectivity index (χ1n) is 7.80. The third-order valence-corrected chi connectivity index (χ3v) is 4.59. The number of aliphatic hydroxyl groups is 1. The van der Waals surface area contributed by atoms with E-state index in [2.05, 4.69) is 47.2 Å². The zero-order valence-electron chi connectivity index (χ0n) is 13.3. The maximum absolute atomic E-state index is 9.46. The van der Waals surface area contributed by atoms with Crippen LogP contribution in [-0.4, -0.2) is 61.3 Å². The highest BCUT2D eigenvalue weighted by atomic mass is 16.5. The highest BCUT2D eigenvalue weighted by molar-refractivity contribution is 5.84. The number of hydrogen-bond donors (Lipinski definition) is 1. The number of piperazine rings is 1. The predicted molar refractivity (Wildman–Crippen MR) is 89.3 cm³/mol. The summed E-state index contributed by atoms with van der Waals surface area (Å²) in [5, 5.41) is 11.9. The van der Waals surface area contributed by atoms with Crippen LogP contribution in [-0.2, 0) is 6.54 Å². The van der Waals surface area contributed by atoms with E-state index in [1.165, 1.54) is 16.3 Å². The molecule has 4 nitrogen and oxygen atoms in total. The summed E-state index contributed by atoms with van der Waals surface area (Å²) in [7, 11) is 3.78. The van der Waals surface area contributed by atoms with E-state index in [-0.39, 0.29) is 12.6 Å². The molecule has 22 heavy (non-hydrogen) atoms. The molecule has 4 heteroatoms. The summed E-state index contributed by atoms with van der Waals surface area (Å²) in [6.45, 7) is 4.15. The number of methoxy groups -OCH3 is 1. The van der Waals surface area contributed by atoms with Gasteiger partial charge in [0, 0.05) is 32.2 Å². The molecule has 1 aliphatic rings. The quantitative estimate of drug-likeness (QED) is 0.936. The van der Waals surface area contributed by atoms with E-state index in [0.717, 1.165) is 31.9 Å². The van der Waals surface area contributed by atoms with Gasteiger partial charge in [0.15, 0.2) is 0 Å². The van der Waals surface area contributed by atoms with Gasteiger partial charge in [-0.2, -0.15) is 0 Å². The van der Waals surface area contributed by atoms with E-state index < -0.39 is 0 Å². The lowest BCUT2D eigenvalue weighted by molar-refractivity contribution is 0.0540. The molecule has 0 aromatic heterocycles. The van der Waals surface area contributed by atoms with Gasteiger partial charge in [-0.05, 0) is 41.6 Å². The van der Waals surface area contributed by atoms with Gasteiger partial charge in [-0.1, -0.05) is 18.2 Å². The lowest BCUT2D eigenvalue weighted by Gasteiger charge is -2.38. The van der Waals surface area contributed by atoms with E-state index in [9.17, 15) is 5.11 Å². The molecule has 1 aliphatic heterocycles. The Labute approximate surface area is 131 Å². The van der Waals surface area contributed by atoms with E-state index in [4.69, 9.17) is 4.74 Å². The van der Waals surface area contributed by atoms with Crippen molar-refractivity contribution in [3.63, 3.8) is 0 Å². The topological polar surface area (TPSA) is 35.9 Å². The Morgan fingerprint density at radius 1 is 1.14 bits per heavy atom. The number of ether oxygens (including phenoxy) is 1. The summed E-state index contributed by atoms with van der Waals surface area (Å²) in [4.78, 5) is 4.66. The zero-order valence-corrected chi connectivity index (χ0v) is 13.3. The molecular weight excluding hydrogens is 276 g/mol. The minimum atomic E-state index is 0.227. The fraction of sp³-hybridized carbons (Fsp3) is 0.444. The van der Waals surface area contributed by atoms with Gasteiger partial charge in [0.1, 0.15) is 5.75 Å². The zero-order chi connectivity index (χ0) is 15.5. The third-order valence-electron chi connectivity index (χ3n) is 4.59. The lowest BCUT2D eigenvalue weighted by Crippen LogP contribution is -2.52. The minimum Gasteiger partial charge on any atom is -0.497 e. The number of benzene rings is 2. The van der Waals surface area contributed by atoms with Crippen molar-refractivity contribution in [1.29, 1.82) is 0 Å². The van der Waals surface area contributed by atoms with Crippen molar-refractivity contribution in [3.8, 4) is 5.75 Å². The van der Waals surface area contributed by atoms with Gasteiger partial charge in [-0.3, -0.25) is 9.80 Å². The van der Waals surface area contributed by atoms with Crippen molar-refractivity contribution in [1.82, 2.24) is 9.80 Å². The maximum Gasteiger partial charge on any atom is 0.119 e. The standard InChI is InChI=1S/C18H24N2O2/c1-19-7-8-20(12-17(19)13-21)11-14-3-4-16-10-18(22-2)6-5-15(16)9-14/h3-6,9-10,17,21H,7-8,11-13H2,1-2H3/t17-/m0/s1. The van der Waals surface area contributed by atoms with Crippen LogP contribution in [0.15, 0.2) is 36.4 Å². The fourth-order valence-corrected chi connectivity index (χ4v) is 3.11. The van der Waals surface area contributed by atoms with Crippen molar-refractivity contribution < 1.29 is 9.84 Å². The molecule has 0 bridgehead atoms. The lowest BCUT2D eigenvalue weighted by atomic mass is 10.1. The monoisotopic (exact) mass is 300 g/mol. The van der Waals surface area contributed by atoms with Crippen LogP contribution in [0.5, 0.6) is 5.75 Å². The van der Waals surface area contributed by atoms with Crippen molar-refractivity contribution >= 4 is 10.8 Å². The Balaban J connectivity index is 1.74. The Bertz CT molecular complexity index is 644. The summed E-state index contributed by atoms with van der Waals surface area (Å²) < 4.78 is 5.27. The van der Waals surface area contributed by atoms with Crippen LogP contribution >= 0.6 is 0 Å². The molecule has 1 fully saturated rings. The SMILES string of the molecule is COc1ccc2cc(CN3CCN(C)[C@H](CO)C3)ccc2c1. The first-order valence-corrected chi connectivity index (χ1v) is 7.80. The summed E-state index contributed by atoms with van der Waals surface area (Å²) in [5.41, 5.74) is 1.32. The molecule has 118 valence electrons. The fourth-order valence-electron chi connectivity index (χ4n) is 3.11. The van der Waals surface area contributed by atoms with Crippen LogP contribution in [0.4, 0.5) is 0 Å². The van der Waals surface area contributed by atoms with Crippen LogP contribution < -0.4 is 4.74 Å². The Hall–Kier alpha value is -1.62. The Morgan fingerprint density at radius 3 is 2.68 bits per heavy atom. The Morgan fingerprint density at radius 2 is 1.91 bits per heavy atom. The summed E-state index contributed by atoms with van der Waals surface area (Å²) in [6.07, 6.45) is 0. The second kappa shape index (κ2) is 6.65. The van der Waals surface area contributed by atoms with E-state index in [1.807, 2.05) is 6.07 Å².